The van der Waals surface area contributed by atoms with E-state index in [4.69, 9.17) is 4.74 Å². The molecule has 1 saturated heterocycles. The lowest BCUT2D eigenvalue weighted by Crippen LogP contribution is -2.52. The number of pyridine rings is 1. The molecule has 3 rings (SSSR count). The summed E-state index contributed by atoms with van der Waals surface area (Å²) >= 11 is 0. The molecule has 1 aliphatic rings. The maximum atomic E-state index is 12.5. The van der Waals surface area contributed by atoms with Crippen molar-refractivity contribution in [3.63, 3.8) is 0 Å². The summed E-state index contributed by atoms with van der Waals surface area (Å²) in [6.45, 7) is 5.66. The van der Waals surface area contributed by atoms with Gasteiger partial charge in [0.1, 0.15) is 5.65 Å². The number of carbonyl (C=O) groups excluding carboxylic acids is 1. The fraction of sp³-hybridized carbons (Fsp3) is 0.500. The lowest BCUT2D eigenvalue weighted by Gasteiger charge is -2.43. The number of ether oxygens (including phenoxy) is 1. The molecule has 118 valence electrons. The topological polar surface area (TPSA) is 58.9 Å². The van der Waals surface area contributed by atoms with Crippen LogP contribution >= 0.6 is 0 Å². The van der Waals surface area contributed by atoms with Crippen molar-refractivity contribution < 1.29 is 9.53 Å². The van der Waals surface area contributed by atoms with Crippen LogP contribution in [-0.4, -0.2) is 46.6 Å². The Hall–Kier alpha value is -2.08. The third-order valence-corrected chi connectivity index (χ3v) is 4.35. The number of aromatic nitrogens is 2. The molecule has 22 heavy (non-hydrogen) atoms. The first kappa shape index (κ1) is 14.8. The molecule has 0 spiro atoms. The monoisotopic (exact) mass is 302 g/mol. The Labute approximate surface area is 130 Å². The van der Waals surface area contributed by atoms with Crippen LogP contribution in [0.3, 0.4) is 0 Å². The number of carbonyl (C=O) groups is 1. The van der Waals surface area contributed by atoms with E-state index in [0.29, 0.717) is 13.1 Å². The largest absolute Gasteiger partial charge is 0.381 e. The summed E-state index contributed by atoms with van der Waals surface area (Å²) in [5.74, 6) is 0. The van der Waals surface area contributed by atoms with Crippen molar-refractivity contribution in [2.45, 2.75) is 26.4 Å². The van der Waals surface area contributed by atoms with Crippen LogP contribution in [0, 0.1) is 5.41 Å². The molecule has 1 fully saturated rings. The lowest BCUT2D eigenvalue weighted by atomic mass is 9.81. The third kappa shape index (κ3) is 2.78. The number of methoxy groups -OCH3 is 1. The maximum Gasteiger partial charge on any atom is 0.321 e. The van der Waals surface area contributed by atoms with E-state index in [2.05, 4.69) is 24.1 Å². The number of likely N-dealkylation sites (tertiary alicyclic amines) is 1. The molecule has 6 heteroatoms. The number of urea groups is 1. The Balaban J connectivity index is 1.69. The Morgan fingerprint density at radius 1 is 1.45 bits per heavy atom. The van der Waals surface area contributed by atoms with Crippen LogP contribution in [0.1, 0.15) is 20.3 Å². The van der Waals surface area contributed by atoms with Gasteiger partial charge in [-0.3, -0.25) is 0 Å². The van der Waals surface area contributed by atoms with Crippen molar-refractivity contribution in [2.24, 2.45) is 5.41 Å². The number of anilines is 1. The molecule has 1 aliphatic heterocycles. The number of nitrogens with zero attached hydrogens (tertiary/aromatic N) is 3. The zero-order chi connectivity index (χ0) is 15.7. The Morgan fingerprint density at radius 3 is 3.00 bits per heavy atom. The van der Waals surface area contributed by atoms with Crippen LogP contribution in [-0.2, 0) is 4.74 Å². The van der Waals surface area contributed by atoms with Gasteiger partial charge in [-0.2, -0.15) is 0 Å². The molecule has 2 amide bonds. The molecule has 0 saturated carbocycles. The minimum Gasteiger partial charge on any atom is -0.381 e. The third-order valence-electron chi connectivity index (χ3n) is 4.35. The summed E-state index contributed by atoms with van der Waals surface area (Å²) in [6.07, 6.45) is 6.55. The fourth-order valence-corrected chi connectivity index (χ4v) is 3.14. The first-order valence-electron chi connectivity index (χ1n) is 7.51. The van der Waals surface area contributed by atoms with Gasteiger partial charge in [0.15, 0.2) is 0 Å². The highest BCUT2D eigenvalue weighted by atomic mass is 16.5. The van der Waals surface area contributed by atoms with E-state index >= 15 is 0 Å². The second kappa shape index (κ2) is 5.61. The first-order valence-corrected chi connectivity index (χ1v) is 7.51. The van der Waals surface area contributed by atoms with Gasteiger partial charge in [0.25, 0.3) is 0 Å². The van der Waals surface area contributed by atoms with Crippen LogP contribution in [0.2, 0.25) is 0 Å². The summed E-state index contributed by atoms with van der Waals surface area (Å²) in [7, 11) is 1.74. The van der Waals surface area contributed by atoms with Crippen molar-refractivity contribution in [3.05, 3.63) is 30.7 Å². The zero-order valence-corrected chi connectivity index (χ0v) is 13.2. The number of imidazole rings is 1. The van der Waals surface area contributed by atoms with Gasteiger partial charge in [0.2, 0.25) is 0 Å². The molecule has 3 heterocycles. The molecular weight excluding hydrogens is 280 g/mol. The fourth-order valence-electron chi connectivity index (χ4n) is 3.14. The summed E-state index contributed by atoms with van der Waals surface area (Å²) in [5, 5.41) is 2.96. The van der Waals surface area contributed by atoms with Crippen LogP contribution in [0.15, 0.2) is 30.7 Å². The Kier molecular flexibility index (Phi) is 3.78. The average molecular weight is 302 g/mol. The summed E-state index contributed by atoms with van der Waals surface area (Å²) in [5.41, 5.74) is 1.53. The van der Waals surface area contributed by atoms with Gasteiger partial charge in [0.05, 0.1) is 6.10 Å². The molecule has 1 unspecified atom stereocenters. The second-order valence-electron chi connectivity index (χ2n) is 6.46. The molecule has 1 atom stereocenters. The van der Waals surface area contributed by atoms with Crippen LogP contribution in [0.25, 0.3) is 5.65 Å². The minimum atomic E-state index is -0.0708. The number of hydrogen-bond donors (Lipinski definition) is 1. The van der Waals surface area contributed by atoms with Crippen molar-refractivity contribution in [1.29, 1.82) is 0 Å². The second-order valence-corrected chi connectivity index (χ2v) is 6.46. The standard InChI is InChI=1S/C16H22N4O2/c1-16(2)11-20(8-5-13(16)22-3)15(21)18-12-4-7-19-9-6-17-14(19)10-12/h4,6-7,9-10,13H,5,8,11H2,1-3H3,(H,18,21). The van der Waals surface area contributed by atoms with Gasteiger partial charge >= 0.3 is 6.03 Å². The van der Waals surface area contributed by atoms with E-state index in [9.17, 15) is 4.79 Å². The molecular formula is C16H22N4O2. The number of rotatable bonds is 2. The molecule has 0 radical (unpaired) electrons. The van der Waals surface area contributed by atoms with E-state index in [1.54, 1.807) is 13.3 Å². The normalized spacial score (nSPS) is 21.0. The zero-order valence-electron chi connectivity index (χ0n) is 13.2. The molecule has 2 aromatic heterocycles. The first-order chi connectivity index (χ1) is 10.5. The van der Waals surface area contributed by atoms with Crippen LogP contribution < -0.4 is 5.32 Å². The Bertz CT molecular complexity index is 680. The van der Waals surface area contributed by atoms with E-state index in [0.717, 1.165) is 17.8 Å². The van der Waals surface area contributed by atoms with E-state index in [-0.39, 0.29) is 17.6 Å². The molecule has 0 aliphatic carbocycles. The SMILES string of the molecule is COC1CCN(C(=O)Nc2ccn3ccnc3c2)CC1(C)C. The highest BCUT2D eigenvalue weighted by molar-refractivity contribution is 5.90. The lowest BCUT2D eigenvalue weighted by molar-refractivity contribution is -0.0394. The number of piperidine rings is 1. The highest BCUT2D eigenvalue weighted by Gasteiger charge is 2.37. The van der Waals surface area contributed by atoms with E-state index in [1.165, 1.54) is 0 Å². The number of hydrogen-bond acceptors (Lipinski definition) is 3. The summed E-state index contributed by atoms with van der Waals surface area (Å²) in [4.78, 5) is 18.5. The Morgan fingerprint density at radius 2 is 2.27 bits per heavy atom. The van der Waals surface area contributed by atoms with Gasteiger partial charge in [-0.05, 0) is 12.5 Å². The van der Waals surface area contributed by atoms with Gasteiger partial charge in [-0.25, -0.2) is 9.78 Å². The smallest absolute Gasteiger partial charge is 0.321 e. The minimum absolute atomic E-state index is 0.0443. The molecule has 1 N–H and O–H groups in total. The number of nitrogens with one attached hydrogen (secondary N) is 1. The van der Waals surface area contributed by atoms with Crippen molar-refractivity contribution >= 4 is 17.4 Å². The molecule has 6 nitrogen and oxygen atoms in total. The number of amides is 2. The van der Waals surface area contributed by atoms with Crippen LogP contribution in [0.4, 0.5) is 10.5 Å². The van der Waals surface area contributed by atoms with E-state index in [1.807, 2.05) is 33.8 Å². The molecule has 0 bridgehead atoms. The predicted molar refractivity (Wildman–Crippen MR) is 85.0 cm³/mol. The summed E-state index contributed by atoms with van der Waals surface area (Å²) in [6, 6.07) is 3.67. The average Bonchev–Trinajstić information content (AvgIpc) is 2.93. The van der Waals surface area contributed by atoms with Gasteiger partial charge in [0, 0.05) is 56.0 Å². The maximum absolute atomic E-state index is 12.5. The van der Waals surface area contributed by atoms with Gasteiger partial charge in [-0.1, -0.05) is 13.8 Å². The highest BCUT2D eigenvalue weighted by Crippen LogP contribution is 2.31. The van der Waals surface area contributed by atoms with Crippen molar-refractivity contribution in [1.82, 2.24) is 14.3 Å². The van der Waals surface area contributed by atoms with E-state index < -0.39 is 0 Å². The van der Waals surface area contributed by atoms with Gasteiger partial charge in [-0.15, -0.1) is 0 Å². The quantitative estimate of drug-likeness (QED) is 0.927. The predicted octanol–water partition coefficient (Wildman–Crippen LogP) is 2.61. The summed E-state index contributed by atoms with van der Waals surface area (Å²) < 4.78 is 7.43. The van der Waals surface area contributed by atoms with Crippen molar-refractivity contribution in [3.8, 4) is 0 Å². The molecule has 2 aromatic rings. The number of fused-ring (bicyclic) bond motifs is 1. The van der Waals surface area contributed by atoms with Crippen LogP contribution in [0.5, 0.6) is 0 Å². The molecule has 0 aromatic carbocycles. The van der Waals surface area contributed by atoms with Gasteiger partial charge < -0.3 is 19.4 Å². The van der Waals surface area contributed by atoms with Crippen molar-refractivity contribution in [2.75, 3.05) is 25.5 Å².